The molecule has 126 valence electrons. The van der Waals surface area contributed by atoms with Crippen LogP contribution in [-0.4, -0.2) is 41.0 Å². The minimum atomic E-state index is -3.42. The fourth-order valence-electron chi connectivity index (χ4n) is 3.14. The van der Waals surface area contributed by atoms with E-state index in [1.54, 1.807) is 0 Å². The molecule has 1 aliphatic heterocycles. The summed E-state index contributed by atoms with van der Waals surface area (Å²) in [4.78, 5) is 0. The molecule has 1 spiro atoms. The van der Waals surface area contributed by atoms with Crippen molar-refractivity contribution in [2.75, 3.05) is 18.8 Å². The van der Waals surface area contributed by atoms with E-state index in [0.29, 0.717) is 0 Å². The van der Waals surface area contributed by atoms with Gasteiger partial charge in [0.25, 0.3) is 10.0 Å². The monoisotopic (exact) mass is 414 g/mol. The van der Waals surface area contributed by atoms with Crippen molar-refractivity contribution in [3.8, 4) is 0 Å². The smallest absolute Gasteiger partial charge is 0.253 e. The second kappa shape index (κ2) is 5.79. The minimum absolute atomic E-state index is 0.130. The Morgan fingerprint density at radius 2 is 2.00 bits per heavy atom. The van der Waals surface area contributed by atoms with Crippen molar-refractivity contribution in [3.63, 3.8) is 0 Å². The van der Waals surface area contributed by atoms with Gasteiger partial charge in [0.2, 0.25) is 0 Å². The number of hydrogen-bond acceptors (Lipinski definition) is 3. The third-order valence-electron chi connectivity index (χ3n) is 4.63. The average molecular weight is 415 g/mol. The third-order valence-corrected chi connectivity index (χ3v) is 8.41. The van der Waals surface area contributed by atoms with Crippen molar-refractivity contribution in [2.45, 2.75) is 32.1 Å². The number of sulfonamides is 1. The van der Waals surface area contributed by atoms with Crippen LogP contribution in [0.3, 0.4) is 0 Å². The van der Waals surface area contributed by atoms with Crippen molar-refractivity contribution in [1.82, 2.24) is 5.32 Å². The number of benzene rings is 1. The van der Waals surface area contributed by atoms with Gasteiger partial charge in [0.15, 0.2) is 0 Å². The van der Waals surface area contributed by atoms with Crippen LogP contribution in [0.25, 0.3) is 0 Å². The molecular formula is C16H23BrN2O2SSi. The summed E-state index contributed by atoms with van der Waals surface area (Å²) in [5, 5.41) is 3.28. The Hall–Kier alpha value is -0.503. The molecule has 1 N–H and O–H groups in total. The van der Waals surface area contributed by atoms with E-state index < -0.39 is 18.1 Å². The van der Waals surface area contributed by atoms with Crippen LogP contribution in [0, 0.1) is 5.41 Å². The standard InChI is InChI=1S/C16H23BrN2O2SSi/c1-23(2,3)7-6-22(20,21)19-15-14-8-13(17)5-4-12(14)9-16(15)10-18-11-16/h4-5,8,18H,6-7,9-11H2,1-3H3. The Bertz CT molecular complexity index is 765. The molecule has 0 atom stereocenters. The summed E-state index contributed by atoms with van der Waals surface area (Å²) >= 11 is 3.49. The summed E-state index contributed by atoms with van der Waals surface area (Å²) in [6, 6.07) is 6.86. The predicted octanol–water partition coefficient (Wildman–Crippen LogP) is 3.05. The average Bonchev–Trinajstić information content (AvgIpc) is 2.70. The number of halogens is 1. The lowest BCUT2D eigenvalue weighted by Gasteiger charge is -2.39. The van der Waals surface area contributed by atoms with Crippen molar-refractivity contribution in [2.24, 2.45) is 9.81 Å². The van der Waals surface area contributed by atoms with Gasteiger partial charge in [-0.2, -0.15) is 4.40 Å². The van der Waals surface area contributed by atoms with E-state index in [-0.39, 0.29) is 11.2 Å². The molecule has 23 heavy (non-hydrogen) atoms. The zero-order valence-electron chi connectivity index (χ0n) is 13.8. The van der Waals surface area contributed by atoms with Gasteiger partial charge < -0.3 is 5.32 Å². The molecule has 7 heteroatoms. The lowest BCUT2D eigenvalue weighted by molar-refractivity contribution is 0.275. The lowest BCUT2D eigenvalue weighted by atomic mass is 9.77. The maximum absolute atomic E-state index is 12.6. The molecule has 1 aliphatic carbocycles. The van der Waals surface area contributed by atoms with E-state index in [9.17, 15) is 8.42 Å². The first-order valence-corrected chi connectivity index (χ1v) is 14.0. The zero-order chi connectivity index (χ0) is 16.9. The molecule has 0 amide bonds. The first-order valence-electron chi connectivity index (χ1n) is 7.93. The predicted molar refractivity (Wildman–Crippen MR) is 102 cm³/mol. The third kappa shape index (κ3) is 3.62. The molecule has 1 aromatic rings. The van der Waals surface area contributed by atoms with Crippen molar-refractivity contribution >= 4 is 39.7 Å². The van der Waals surface area contributed by atoms with Gasteiger partial charge in [-0.15, -0.1) is 0 Å². The second-order valence-electron chi connectivity index (χ2n) is 7.90. The van der Waals surface area contributed by atoms with Gasteiger partial charge in [-0.05, 0) is 30.2 Å². The van der Waals surface area contributed by atoms with Crippen LogP contribution in [0.4, 0.5) is 0 Å². The van der Waals surface area contributed by atoms with Crippen LogP contribution in [-0.2, 0) is 16.4 Å². The summed E-state index contributed by atoms with van der Waals surface area (Å²) in [6.45, 7) is 8.18. The molecule has 1 saturated heterocycles. The van der Waals surface area contributed by atoms with Crippen molar-refractivity contribution in [3.05, 3.63) is 33.8 Å². The number of fused-ring (bicyclic) bond motifs is 1. The summed E-state index contributed by atoms with van der Waals surface area (Å²) < 4.78 is 30.4. The topological polar surface area (TPSA) is 58.5 Å². The Kier molecular flexibility index (Phi) is 4.36. The van der Waals surface area contributed by atoms with Crippen LogP contribution in [0.15, 0.2) is 27.1 Å². The highest BCUT2D eigenvalue weighted by atomic mass is 79.9. The molecule has 4 nitrogen and oxygen atoms in total. The second-order valence-corrected chi connectivity index (χ2v) is 16.2. The highest BCUT2D eigenvalue weighted by molar-refractivity contribution is 9.10. The molecular weight excluding hydrogens is 392 g/mol. The van der Waals surface area contributed by atoms with Crippen LogP contribution in [0.5, 0.6) is 0 Å². The van der Waals surface area contributed by atoms with E-state index in [2.05, 4.69) is 51.4 Å². The summed E-state index contributed by atoms with van der Waals surface area (Å²) in [6.07, 6.45) is 0.880. The van der Waals surface area contributed by atoms with E-state index in [1.807, 2.05) is 12.1 Å². The zero-order valence-corrected chi connectivity index (χ0v) is 17.2. The Morgan fingerprint density at radius 1 is 1.30 bits per heavy atom. The number of hydrogen-bond donors (Lipinski definition) is 1. The van der Waals surface area contributed by atoms with Crippen molar-refractivity contribution in [1.29, 1.82) is 0 Å². The van der Waals surface area contributed by atoms with E-state index >= 15 is 0 Å². The van der Waals surface area contributed by atoms with Crippen molar-refractivity contribution < 1.29 is 8.42 Å². The number of rotatable bonds is 4. The van der Waals surface area contributed by atoms with Crippen LogP contribution in [0.2, 0.25) is 25.7 Å². The van der Waals surface area contributed by atoms with Crippen LogP contribution < -0.4 is 5.32 Å². The molecule has 1 heterocycles. The maximum Gasteiger partial charge on any atom is 0.253 e. The van der Waals surface area contributed by atoms with Gasteiger partial charge >= 0.3 is 0 Å². The fraction of sp³-hybridized carbons (Fsp3) is 0.562. The Morgan fingerprint density at radius 3 is 2.57 bits per heavy atom. The molecule has 0 aromatic heterocycles. The Labute approximate surface area is 148 Å². The number of nitrogens with one attached hydrogen (secondary N) is 1. The molecule has 0 saturated carbocycles. The summed E-state index contributed by atoms with van der Waals surface area (Å²) in [5.41, 5.74) is 2.84. The van der Waals surface area contributed by atoms with Gasteiger partial charge in [-0.3, -0.25) is 0 Å². The number of nitrogens with zero attached hydrogens (tertiary/aromatic N) is 1. The summed E-state index contributed by atoms with van der Waals surface area (Å²) in [5.74, 6) is 0.166. The molecule has 0 radical (unpaired) electrons. The quantitative estimate of drug-likeness (QED) is 0.769. The molecule has 0 unspecified atom stereocenters. The van der Waals surface area contributed by atoms with Gasteiger partial charge in [-0.1, -0.05) is 41.6 Å². The minimum Gasteiger partial charge on any atom is -0.315 e. The first kappa shape index (κ1) is 17.3. The van der Waals surface area contributed by atoms with Crippen LogP contribution in [0.1, 0.15) is 11.1 Å². The SMILES string of the molecule is C[Si](C)(C)CCS(=O)(=O)N=C1c2cc(Br)ccc2CC12CNC2. The first-order chi connectivity index (χ1) is 10.6. The lowest BCUT2D eigenvalue weighted by Crippen LogP contribution is -2.57. The van der Waals surface area contributed by atoms with Gasteiger partial charge in [0.05, 0.1) is 11.5 Å². The summed E-state index contributed by atoms with van der Waals surface area (Å²) in [7, 11) is -4.82. The fourth-order valence-corrected chi connectivity index (χ4v) is 7.65. The molecule has 2 aliphatic rings. The van der Waals surface area contributed by atoms with Gasteiger partial charge in [-0.25, -0.2) is 8.42 Å². The highest BCUT2D eigenvalue weighted by Crippen LogP contribution is 2.41. The van der Waals surface area contributed by atoms with E-state index in [4.69, 9.17) is 0 Å². The normalized spacial score (nSPS) is 21.5. The molecule has 1 aromatic carbocycles. The van der Waals surface area contributed by atoms with Gasteiger partial charge in [0.1, 0.15) is 0 Å². The molecule has 0 bridgehead atoms. The maximum atomic E-state index is 12.6. The molecule has 3 rings (SSSR count). The van der Waals surface area contributed by atoms with Gasteiger partial charge in [0, 0.05) is 36.6 Å². The molecule has 1 fully saturated rings. The van der Waals surface area contributed by atoms with E-state index in [0.717, 1.165) is 41.3 Å². The van der Waals surface area contributed by atoms with E-state index in [1.165, 1.54) is 5.56 Å². The van der Waals surface area contributed by atoms with Crippen LogP contribution >= 0.6 is 15.9 Å². The largest absolute Gasteiger partial charge is 0.315 e. The Balaban J connectivity index is 1.97. The highest BCUT2D eigenvalue weighted by Gasteiger charge is 2.48.